The fourth-order valence-corrected chi connectivity index (χ4v) is 2.00. The molecule has 0 saturated heterocycles. The molecule has 3 nitrogen and oxygen atoms in total. The first-order chi connectivity index (χ1) is 6.40. The summed E-state index contributed by atoms with van der Waals surface area (Å²) < 4.78 is 0.00551. The van der Waals surface area contributed by atoms with Crippen LogP contribution in [-0.4, -0.2) is 20.8 Å². The van der Waals surface area contributed by atoms with Crippen LogP contribution in [0.4, 0.5) is 0 Å². The van der Waals surface area contributed by atoms with Crippen molar-refractivity contribution in [3.8, 4) is 0 Å². The molecular weight excluding hydrogens is 198 g/mol. The van der Waals surface area contributed by atoms with Crippen molar-refractivity contribution < 1.29 is 9.90 Å². The second kappa shape index (κ2) is 4.00. The molecule has 1 N–H and O–H groups in total. The number of carboxylic acids is 1. The lowest BCUT2D eigenvalue weighted by Gasteiger charge is -2.18. The van der Waals surface area contributed by atoms with Crippen molar-refractivity contribution in [1.29, 1.82) is 0 Å². The van der Waals surface area contributed by atoms with Gasteiger partial charge in [-0.05, 0) is 6.07 Å². The highest BCUT2D eigenvalue weighted by atomic mass is 32.2. The van der Waals surface area contributed by atoms with Crippen LogP contribution in [0.1, 0.15) is 31.1 Å². The quantitative estimate of drug-likeness (QED) is 0.764. The first-order valence-electron chi connectivity index (χ1n) is 4.26. The number of hydrogen-bond donors (Lipinski definition) is 1. The molecule has 0 aliphatic carbocycles. The van der Waals surface area contributed by atoms with Crippen LogP contribution in [0.3, 0.4) is 0 Å². The number of hydrogen-bond acceptors (Lipinski definition) is 3. The highest BCUT2D eigenvalue weighted by molar-refractivity contribution is 8.00. The Hall–Kier alpha value is -1.03. The van der Waals surface area contributed by atoms with Crippen LogP contribution in [-0.2, 0) is 0 Å². The fraction of sp³-hybridized carbons (Fsp3) is 0.400. The third kappa shape index (κ3) is 3.03. The number of carbonyl (C=O) groups is 1. The van der Waals surface area contributed by atoms with E-state index in [-0.39, 0.29) is 10.3 Å². The van der Waals surface area contributed by atoms with Gasteiger partial charge in [-0.25, -0.2) is 4.79 Å². The topological polar surface area (TPSA) is 50.2 Å². The Morgan fingerprint density at radius 2 is 2.14 bits per heavy atom. The van der Waals surface area contributed by atoms with Gasteiger partial charge >= 0.3 is 5.97 Å². The van der Waals surface area contributed by atoms with E-state index in [0.717, 1.165) is 4.90 Å². The van der Waals surface area contributed by atoms with E-state index < -0.39 is 5.97 Å². The van der Waals surface area contributed by atoms with E-state index in [0.29, 0.717) is 0 Å². The molecule has 0 fully saturated rings. The first kappa shape index (κ1) is 11.0. The van der Waals surface area contributed by atoms with Crippen molar-refractivity contribution in [2.75, 3.05) is 0 Å². The molecule has 76 valence electrons. The monoisotopic (exact) mass is 211 g/mol. The molecular formula is C10H13NO2S. The van der Waals surface area contributed by atoms with E-state index in [2.05, 4.69) is 4.98 Å². The number of pyridine rings is 1. The zero-order chi connectivity index (χ0) is 10.8. The maximum Gasteiger partial charge on any atom is 0.338 e. The summed E-state index contributed by atoms with van der Waals surface area (Å²) in [7, 11) is 0. The van der Waals surface area contributed by atoms with E-state index in [4.69, 9.17) is 5.11 Å². The molecule has 0 aliphatic heterocycles. The predicted octanol–water partition coefficient (Wildman–Crippen LogP) is 2.67. The number of aromatic nitrogens is 1. The summed E-state index contributed by atoms with van der Waals surface area (Å²) in [5.74, 6) is -0.926. The van der Waals surface area contributed by atoms with Gasteiger partial charge in [0.2, 0.25) is 0 Å². The van der Waals surface area contributed by atoms with Crippen LogP contribution in [0.2, 0.25) is 0 Å². The summed E-state index contributed by atoms with van der Waals surface area (Å²) in [6.07, 6.45) is 3.00. The van der Waals surface area contributed by atoms with Gasteiger partial charge in [0, 0.05) is 22.0 Å². The number of carboxylic acid groups (broad SMARTS) is 1. The lowest BCUT2D eigenvalue weighted by Crippen LogP contribution is -2.09. The Bertz CT molecular complexity index is 344. The van der Waals surface area contributed by atoms with Crippen molar-refractivity contribution in [2.45, 2.75) is 30.4 Å². The Morgan fingerprint density at radius 1 is 1.50 bits per heavy atom. The van der Waals surface area contributed by atoms with E-state index in [1.54, 1.807) is 12.3 Å². The standard InChI is InChI=1S/C10H13NO2S/c1-10(2,3)14-8-4-5-11-6-7(8)9(12)13/h4-6H,1-3H3,(H,12,13). The molecule has 0 aliphatic rings. The molecule has 0 atom stereocenters. The minimum atomic E-state index is -0.926. The molecule has 0 amide bonds. The van der Waals surface area contributed by atoms with Gasteiger partial charge in [0.25, 0.3) is 0 Å². The van der Waals surface area contributed by atoms with E-state index >= 15 is 0 Å². The molecule has 0 radical (unpaired) electrons. The SMILES string of the molecule is CC(C)(C)Sc1ccncc1C(=O)O. The third-order valence-electron chi connectivity index (χ3n) is 1.43. The van der Waals surface area contributed by atoms with Gasteiger partial charge < -0.3 is 5.11 Å². The molecule has 14 heavy (non-hydrogen) atoms. The van der Waals surface area contributed by atoms with Crippen LogP contribution in [0.25, 0.3) is 0 Å². The highest BCUT2D eigenvalue weighted by Crippen LogP contribution is 2.33. The molecule has 1 aromatic rings. The van der Waals surface area contributed by atoms with Crippen LogP contribution in [0.5, 0.6) is 0 Å². The van der Waals surface area contributed by atoms with Gasteiger partial charge in [-0.2, -0.15) is 0 Å². The van der Waals surface area contributed by atoms with Crippen molar-refractivity contribution >= 4 is 17.7 Å². The average Bonchev–Trinajstić information content (AvgIpc) is 2.01. The largest absolute Gasteiger partial charge is 0.478 e. The zero-order valence-corrected chi connectivity index (χ0v) is 9.26. The average molecular weight is 211 g/mol. The molecule has 1 heterocycles. The maximum absolute atomic E-state index is 10.9. The Morgan fingerprint density at radius 3 is 2.64 bits per heavy atom. The highest BCUT2D eigenvalue weighted by Gasteiger charge is 2.17. The molecule has 0 unspecified atom stereocenters. The molecule has 1 rings (SSSR count). The number of thioether (sulfide) groups is 1. The molecule has 1 aromatic heterocycles. The van der Waals surface area contributed by atoms with Crippen molar-refractivity contribution in [3.05, 3.63) is 24.0 Å². The van der Waals surface area contributed by atoms with Gasteiger partial charge in [-0.15, -0.1) is 11.8 Å². The van der Waals surface area contributed by atoms with Crippen molar-refractivity contribution in [3.63, 3.8) is 0 Å². The lowest BCUT2D eigenvalue weighted by molar-refractivity contribution is 0.0692. The van der Waals surface area contributed by atoms with Gasteiger partial charge in [0.05, 0.1) is 5.56 Å². The maximum atomic E-state index is 10.9. The van der Waals surface area contributed by atoms with Crippen LogP contribution in [0.15, 0.2) is 23.4 Å². The minimum Gasteiger partial charge on any atom is -0.478 e. The van der Waals surface area contributed by atoms with E-state index in [1.165, 1.54) is 18.0 Å². The number of nitrogens with zero attached hydrogens (tertiary/aromatic N) is 1. The summed E-state index contributed by atoms with van der Waals surface area (Å²) in [6, 6.07) is 1.74. The van der Waals surface area contributed by atoms with Gasteiger partial charge in [0.15, 0.2) is 0 Å². The number of aromatic carboxylic acids is 1. The molecule has 0 saturated carbocycles. The molecule has 4 heteroatoms. The molecule has 0 bridgehead atoms. The Balaban J connectivity index is 3.02. The summed E-state index contributed by atoms with van der Waals surface area (Å²) in [6.45, 7) is 6.14. The molecule has 0 spiro atoms. The normalized spacial score (nSPS) is 11.4. The second-order valence-corrected chi connectivity index (χ2v) is 5.76. The van der Waals surface area contributed by atoms with Crippen LogP contribution in [0, 0.1) is 0 Å². The summed E-state index contributed by atoms with van der Waals surface area (Å²) in [4.78, 5) is 15.4. The fourth-order valence-electron chi connectivity index (χ4n) is 0.961. The van der Waals surface area contributed by atoms with Gasteiger partial charge in [-0.3, -0.25) is 4.98 Å². The second-order valence-electron chi connectivity index (χ2n) is 3.89. The van der Waals surface area contributed by atoms with Gasteiger partial charge in [0.1, 0.15) is 0 Å². The predicted molar refractivity (Wildman–Crippen MR) is 56.8 cm³/mol. The van der Waals surface area contributed by atoms with Crippen LogP contribution < -0.4 is 0 Å². The van der Waals surface area contributed by atoms with E-state index in [9.17, 15) is 4.79 Å². The summed E-state index contributed by atoms with van der Waals surface area (Å²) in [5.41, 5.74) is 0.271. The van der Waals surface area contributed by atoms with E-state index in [1.807, 2.05) is 20.8 Å². The van der Waals surface area contributed by atoms with Crippen molar-refractivity contribution in [2.24, 2.45) is 0 Å². The molecule has 0 aromatic carbocycles. The lowest BCUT2D eigenvalue weighted by atomic mass is 10.2. The first-order valence-corrected chi connectivity index (χ1v) is 5.08. The van der Waals surface area contributed by atoms with Gasteiger partial charge in [-0.1, -0.05) is 20.8 Å². The minimum absolute atomic E-state index is 0.00551. The third-order valence-corrected chi connectivity index (χ3v) is 2.62. The summed E-state index contributed by atoms with van der Waals surface area (Å²) >= 11 is 1.53. The smallest absolute Gasteiger partial charge is 0.338 e. The number of rotatable bonds is 2. The summed E-state index contributed by atoms with van der Waals surface area (Å²) in [5, 5.41) is 8.91. The Labute approximate surface area is 87.6 Å². The Kier molecular flexibility index (Phi) is 3.16. The van der Waals surface area contributed by atoms with Crippen molar-refractivity contribution in [1.82, 2.24) is 4.98 Å². The van der Waals surface area contributed by atoms with Crippen LogP contribution >= 0.6 is 11.8 Å². The zero-order valence-electron chi connectivity index (χ0n) is 8.44.